The molecule has 1 aromatic rings. The molecule has 1 amide bonds. The molecule has 6 heteroatoms. The third-order valence-corrected chi connectivity index (χ3v) is 3.89. The Morgan fingerprint density at radius 2 is 1.86 bits per heavy atom. The first-order valence-corrected chi connectivity index (χ1v) is 9.63. The standard InChI is InChI=1S/C23H31NO5/c1-6-28-23(26)29-20-12-10-19(16-21(20)27-5)11-13-22(25)24-15-14-18(4)9-7-8-17(2)3/h8,10-14,16H,6-7,9,15H2,1-5H3,(H,24,25). The molecule has 0 radical (unpaired) electrons. The molecular formula is C23H31NO5. The van der Waals surface area contributed by atoms with Crippen molar-refractivity contribution in [2.24, 2.45) is 0 Å². The number of carbonyl (C=O) groups excluding carboxylic acids is 2. The average molecular weight is 402 g/mol. The highest BCUT2D eigenvalue weighted by Gasteiger charge is 2.11. The van der Waals surface area contributed by atoms with Gasteiger partial charge < -0.3 is 19.5 Å². The summed E-state index contributed by atoms with van der Waals surface area (Å²) >= 11 is 0. The Balaban J connectivity index is 2.58. The number of benzene rings is 1. The van der Waals surface area contributed by atoms with Crippen molar-refractivity contribution in [2.45, 2.75) is 40.5 Å². The van der Waals surface area contributed by atoms with Gasteiger partial charge in [-0.2, -0.15) is 0 Å². The summed E-state index contributed by atoms with van der Waals surface area (Å²) in [7, 11) is 1.47. The van der Waals surface area contributed by atoms with Crippen molar-refractivity contribution in [1.29, 1.82) is 0 Å². The smallest absolute Gasteiger partial charge is 0.493 e. The summed E-state index contributed by atoms with van der Waals surface area (Å²) in [6.45, 7) is 8.64. The van der Waals surface area contributed by atoms with Crippen LogP contribution >= 0.6 is 0 Å². The topological polar surface area (TPSA) is 73.9 Å². The molecule has 6 nitrogen and oxygen atoms in total. The molecule has 0 bridgehead atoms. The fraction of sp³-hybridized carbons (Fsp3) is 0.391. The van der Waals surface area contributed by atoms with Crippen molar-refractivity contribution in [3.8, 4) is 11.5 Å². The van der Waals surface area contributed by atoms with Crippen LogP contribution < -0.4 is 14.8 Å². The Morgan fingerprint density at radius 1 is 1.10 bits per heavy atom. The number of nitrogens with one attached hydrogen (secondary N) is 1. The highest BCUT2D eigenvalue weighted by Crippen LogP contribution is 2.28. The molecule has 0 aliphatic heterocycles. The van der Waals surface area contributed by atoms with Crippen molar-refractivity contribution in [3.63, 3.8) is 0 Å². The van der Waals surface area contributed by atoms with Crippen LogP contribution in [0.5, 0.6) is 11.5 Å². The Hall–Kier alpha value is -3.02. The van der Waals surface area contributed by atoms with Crippen molar-refractivity contribution in [3.05, 3.63) is 53.1 Å². The fourth-order valence-electron chi connectivity index (χ4n) is 2.36. The minimum Gasteiger partial charge on any atom is -0.493 e. The Bertz CT molecular complexity index is 773. The normalized spacial score (nSPS) is 11.1. The Morgan fingerprint density at radius 3 is 2.52 bits per heavy atom. The maximum absolute atomic E-state index is 12.0. The largest absolute Gasteiger partial charge is 0.513 e. The lowest BCUT2D eigenvalue weighted by Gasteiger charge is -2.09. The molecule has 0 spiro atoms. The molecule has 0 heterocycles. The Labute approximate surface area is 173 Å². The fourth-order valence-corrected chi connectivity index (χ4v) is 2.36. The first kappa shape index (κ1) is 24.0. The van der Waals surface area contributed by atoms with E-state index in [2.05, 4.69) is 32.2 Å². The van der Waals surface area contributed by atoms with E-state index in [1.165, 1.54) is 24.3 Å². The lowest BCUT2D eigenvalue weighted by molar-refractivity contribution is -0.116. The molecule has 1 aromatic carbocycles. The number of rotatable bonds is 10. The molecule has 0 aliphatic carbocycles. The van der Waals surface area contributed by atoms with E-state index in [-0.39, 0.29) is 18.3 Å². The van der Waals surface area contributed by atoms with Gasteiger partial charge in [0.25, 0.3) is 0 Å². The summed E-state index contributed by atoms with van der Waals surface area (Å²) in [4.78, 5) is 23.4. The lowest BCUT2D eigenvalue weighted by Crippen LogP contribution is -2.20. The first-order valence-electron chi connectivity index (χ1n) is 9.63. The number of hydrogen-bond acceptors (Lipinski definition) is 5. The number of ether oxygens (including phenoxy) is 3. The van der Waals surface area contributed by atoms with Gasteiger partial charge in [0.2, 0.25) is 5.91 Å². The van der Waals surface area contributed by atoms with Crippen LogP contribution in [0.15, 0.2) is 47.6 Å². The van der Waals surface area contributed by atoms with Crippen molar-refractivity contribution >= 4 is 18.1 Å². The van der Waals surface area contributed by atoms with Crippen LogP contribution in [0.2, 0.25) is 0 Å². The van der Waals surface area contributed by atoms with E-state index in [1.807, 2.05) is 6.08 Å². The number of hydrogen-bond donors (Lipinski definition) is 1. The summed E-state index contributed by atoms with van der Waals surface area (Å²) in [5.41, 5.74) is 3.30. The van der Waals surface area contributed by atoms with Crippen LogP contribution in [0, 0.1) is 0 Å². The SMILES string of the molecule is CCOC(=O)Oc1ccc(C=CC(=O)NCC=C(C)CCC=C(C)C)cc1OC. The quantitative estimate of drug-likeness (QED) is 0.257. The molecule has 1 rings (SSSR count). The van der Waals surface area contributed by atoms with Gasteiger partial charge in [0.1, 0.15) is 0 Å². The minimum atomic E-state index is -0.794. The lowest BCUT2D eigenvalue weighted by atomic mass is 10.1. The molecule has 0 unspecified atom stereocenters. The zero-order valence-corrected chi connectivity index (χ0v) is 17.9. The van der Waals surface area contributed by atoms with Crippen LogP contribution in [0.4, 0.5) is 4.79 Å². The van der Waals surface area contributed by atoms with Crippen LogP contribution in [-0.2, 0) is 9.53 Å². The summed E-state index contributed by atoms with van der Waals surface area (Å²) < 4.78 is 15.1. The maximum Gasteiger partial charge on any atom is 0.513 e. The summed E-state index contributed by atoms with van der Waals surface area (Å²) in [5, 5.41) is 2.83. The molecule has 158 valence electrons. The summed E-state index contributed by atoms with van der Waals surface area (Å²) in [5.74, 6) is 0.431. The zero-order chi connectivity index (χ0) is 21.6. The van der Waals surface area contributed by atoms with E-state index in [0.717, 1.165) is 18.4 Å². The van der Waals surface area contributed by atoms with Crippen molar-refractivity contribution in [2.75, 3.05) is 20.3 Å². The third-order valence-electron chi connectivity index (χ3n) is 3.89. The van der Waals surface area contributed by atoms with Gasteiger partial charge in [-0.1, -0.05) is 29.4 Å². The first-order chi connectivity index (χ1) is 13.8. The molecule has 0 saturated heterocycles. The second-order valence-corrected chi connectivity index (χ2v) is 6.64. The molecule has 0 saturated carbocycles. The average Bonchev–Trinajstić information content (AvgIpc) is 2.67. The second kappa shape index (κ2) is 13.2. The van der Waals surface area contributed by atoms with Gasteiger partial charge in [0.15, 0.2) is 11.5 Å². The van der Waals surface area contributed by atoms with Gasteiger partial charge in [0.05, 0.1) is 13.7 Å². The predicted octanol–water partition coefficient (Wildman–Crippen LogP) is 5.05. The predicted molar refractivity (Wildman–Crippen MR) is 115 cm³/mol. The maximum atomic E-state index is 12.0. The van der Waals surface area contributed by atoms with E-state index in [9.17, 15) is 9.59 Å². The molecule has 0 atom stereocenters. The van der Waals surface area contributed by atoms with Gasteiger partial charge in [-0.25, -0.2) is 4.79 Å². The number of carbonyl (C=O) groups is 2. The summed E-state index contributed by atoms with van der Waals surface area (Å²) in [6, 6.07) is 4.98. The monoisotopic (exact) mass is 401 g/mol. The van der Waals surface area contributed by atoms with Crippen LogP contribution in [0.3, 0.4) is 0 Å². The van der Waals surface area contributed by atoms with E-state index < -0.39 is 6.16 Å². The van der Waals surface area contributed by atoms with Gasteiger partial charge in [0, 0.05) is 12.6 Å². The number of amides is 1. The van der Waals surface area contributed by atoms with Crippen LogP contribution in [0.1, 0.15) is 46.1 Å². The second-order valence-electron chi connectivity index (χ2n) is 6.64. The highest BCUT2D eigenvalue weighted by molar-refractivity contribution is 5.91. The van der Waals surface area contributed by atoms with Crippen molar-refractivity contribution in [1.82, 2.24) is 5.32 Å². The minimum absolute atomic E-state index is 0.191. The van der Waals surface area contributed by atoms with E-state index >= 15 is 0 Å². The van der Waals surface area contributed by atoms with E-state index in [0.29, 0.717) is 12.3 Å². The van der Waals surface area contributed by atoms with Gasteiger partial charge >= 0.3 is 6.16 Å². The van der Waals surface area contributed by atoms with Gasteiger partial charge in [-0.3, -0.25) is 4.79 Å². The highest BCUT2D eigenvalue weighted by atomic mass is 16.7. The molecule has 0 aliphatic rings. The molecule has 0 aromatic heterocycles. The van der Waals surface area contributed by atoms with Crippen LogP contribution in [0.25, 0.3) is 6.08 Å². The van der Waals surface area contributed by atoms with E-state index in [4.69, 9.17) is 14.2 Å². The van der Waals surface area contributed by atoms with Crippen LogP contribution in [-0.4, -0.2) is 32.3 Å². The number of methoxy groups -OCH3 is 1. The van der Waals surface area contributed by atoms with Crippen molar-refractivity contribution < 1.29 is 23.8 Å². The Kier molecular flexibility index (Phi) is 10.9. The third kappa shape index (κ3) is 10.2. The van der Waals surface area contributed by atoms with Gasteiger partial charge in [-0.15, -0.1) is 0 Å². The molecule has 0 fully saturated rings. The zero-order valence-electron chi connectivity index (χ0n) is 17.9. The molecule has 1 N–H and O–H groups in total. The molecule has 29 heavy (non-hydrogen) atoms. The summed E-state index contributed by atoms with van der Waals surface area (Å²) in [6.07, 6.45) is 8.54. The molecular weight excluding hydrogens is 370 g/mol. The van der Waals surface area contributed by atoms with E-state index in [1.54, 1.807) is 31.2 Å². The number of allylic oxidation sites excluding steroid dienone is 3. The van der Waals surface area contributed by atoms with Gasteiger partial charge in [-0.05, 0) is 64.3 Å².